The number of rotatable bonds is 6. The van der Waals surface area contributed by atoms with Gasteiger partial charge in [0, 0.05) is 21.3 Å². The third-order valence-corrected chi connectivity index (χ3v) is 3.46. The van der Waals surface area contributed by atoms with E-state index in [-0.39, 0.29) is 0 Å². The van der Waals surface area contributed by atoms with Gasteiger partial charge in [-0.15, -0.1) is 0 Å². The number of aryl methyl sites for hydroxylation is 1. The summed E-state index contributed by atoms with van der Waals surface area (Å²) >= 11 is 3.49. The molecule has 0 unspecified atom stereocenters. The fourth-order valence-electron chi connectivity index (χ4n) is 1.61. The third kappa shape index (κ3) is 4.47. The average molecular weight is 335 g/mol. The van der Waals surface area contributed by atoms with Crippen molar-refractivity contribution in [2.45, 2.75) is 13.5 Å². The Bertz CT molecular complexity index is 581. The van der Waals surface area contributed by atoms with E-state index in [0.29, 0.717) is 19.0 Å². The van der Waals surface area contributed by atoms with Crippen LogP contribution < -0.4 is 9.57 Å². The molecule has 0 amide bonds. The second-order valence-electron chi connectivity index (χ2n) is 4.45. The van der Waals surface area contributed by atoms with Gasteiger partial charge in [-0.2, -0.15) is 0 Å². The molecule has 0 aliphatic heterocycles. The average Bonchev–Trinajstić information content (AvgIpc) is 2.43. The fourth-order valence-corrected chi connectivity index (χ4v) is 2.01. The number of hydrogen-bond acceptors (Lipinski definition) is 2. The Labute approximate surface area is 127 Å². The van der Waals surface area contributed by atoms with E-state index < -0.39 is 0 Å². The van der Waals surface area contributed by atoms with Crippen LogP contribution >= 0.6 is 15.9 Å². The molecule has 0 saturated heterocycles. The Morgan fingerprint density at radius 3 is 2.60 bits per heavy atom. The first-order chi connectivity index (χ1) is 9.65. The summed E-state index contributed by atoms with van der Waals surface area (Å²) in [4.78, 5) is 5.52. The summed E-state index contributed by atoms with van der Waals surface area (Å²) in [6.07, 6.45) is 3.68. The molecular weight excluding hydrogens is 318 g/mol. The highest BCUT2D eigenvalue weighted by Crippen LogP contribution is 2.16. The largest absolute Gasteiger partial charge is 0.369 e. The number of halogens is 1. The number of nitrogens with zero attached hydrogens (tertiary/aromatic N) is 1. The van der Waals surface area contributed by atoms with Crippen LogP contribution in [-0.2, 0) is 11.3 Å². The number of ether oxygens (including phenoxy) is 1. The molecule has 2 rings (SSSR count). The van der Waals surface area contributed by atoms with Crippen LogP contribution in [-0.4, -0.2) is 6.61 Å². The van der Waals surface area contributed by atoms with E-state index in [1.165, 1.54) is 5.56 Å². The Morgan fingerprint density at radius 2 is 1.90 bits per heavy atom. The highest BCUT2D eigenvalue weighted by Gasteiger charge is 2.06. The van der Waals surface area contributed by atoms with Gasteiger partial charge in [0.1, 0.15) is 6.61 Å². The van der Waals surface area contributed by atoms with Crippen LogP contribution in [0.4, 0.5) is 0 Å². The predicted octanol–water partition coefficient (Wildman–Crippen LogP) is 3.20. The van der Waals surface area contributed by atoms with Crippen LogP contribution in [0.2, 0.25) is 0 Å². The Morgan fingerprint density at radius 1 is 1.20 bits per heavy atom. The molecule has 20 heavy (non-hydrogen) atoms. The topological polar surface area (TPSA) is 22.3 Å². The van der Waals surface area contributed by atoms with E-state index in [0.717, 1.165) is 10.0 Å². The van der Waals surface area contributed by atoms with Gasteiger partial charge >= 0.3 is 0 Å². The molecule has 0 N–H and O–H groups in total. The molecule has 104 valence electrons. The van der Waals surface area contributed by atoms with Gasteiger partial charge in [0.15, 0.2) is 5.76 Å². The van der Waals surface area contributed by atoms with E-state index in [1.807, 2.05) is 55.7 Å². The molecule has 1 aromatic heterocycles. The molecule has 1 aromatic carbocycles. The van der Waals surface area contributed by atoms with Crippen molar-refractivity contribution in [3.63, 3.8) is 0 Å². The summed E-state index contributed by atoms with van der Waals surface area (Å²) in [5.74, 6) is 0.561. The van der Waals surface area contributed by atoms with E-state index in [2.05, 4.69) is 22.5 Å². The van der Waals surface area contributed by atoms with Gasteiger partial charge in [-0.05, 0) is 24.1 Å². The fraction of sp³-hybridized carbons (Fsp3) is 0.188. The van der Waals surface area contributed by atoms with E-state index in [4.69, 9.17) is 9.57 Å². The van der Waals surface area contributed by atoms with Crippen molar-refractivity contribution in [1.82, 2.24) is 0 Å². The second kappa shape index (κ2) is 7.22. The van der Waals surface area contributed by atoms with E-state index >= 15 is 0 Å². The van der Waals surface area contributed by atoms with Crippen LogP contribution in [0, 0.1) is 6.92 Å². The first-order valence-corrected chi connectivity index (χ1v) is 7.09. The number of benzene rings is 1. The number of aromatic nitrogens is 1. The minimum Gasteiger partial charge on any atom is -0.369 e. The molecule has 0 spiro atoms. The van der Waals surface area contributed by atoms with Gasteiger partial charge in [0.05, 0.1) is 6.61 Å². The molecule has 0 aliphatic carbocycles. The lowest BCUT2D eigenvalue weighted by molar-refractivity contribution is -0.880. The minimum absolute atomic E-state index is 0.349. The predicted molar refractivity (Wildman–Crippen MR) is 80.9 cm³/mol. The Kier molecular flexibility index (Phi) is 5.32. The molecule has 0 saturated carbocycles. The monoisotopic (exact) mass is 334 g/mol. The van der Waals surface area contributed by atoms with Crippen molar-refractivity contribution < 1.29 is 14.3 Å². The van der Waals surface area contributed by atoms with E-state index in [9.17, 15) is 0 Å². The minimum atomic E-state index is 0.349. The maximum Gasteiger partial charge on any atom is 0.223 e. The number of hydrogen-bond donors (Lipinski definition) is 0. The zero-order chi connectivity index (χ0) is 14.4. The summed E-state index contributed by atoms with van der Waals surface area (Å²) < 4.78 is 8.24. The molecule has 0 atom stereocenters. The first kappa shape index (κ1) is 14.8. The maximum atomic E-state index is 5.59. The van der Waals surface area contributed by atoms with Gasteiger partial charge in [0.2, 0.25) is 12.4 Å². The molecule has 2 aromatic rings. The Hall–Kier alpha value is -1.65. The smallest absolute Gasteiger partial charge is 0.223 e. The molecule has 0 bridgehead atoms. The van der Waals surface area contributed by atoms with Gasteiger partial charge in [0.25, 0.3) is 0 Å². The van der Waals surface area contributed by atoms with Gasteiger partial charge in [-0.3, -0.25) is 0 Å². The van der Waals surface area contributed by atoms with Crippen LogP contribution in [0.3, 0.4) is 0 Å². The van der Waals surface area contributed by atoms with Crippen molar-refractivity contribution in [1.29, 1.82) is 0 Å². The van der Waals surface area contributed by atoms with Crippen LogP contribution in [0.25, 0.3) is 0 Å². The molecule has 0 radical (unpaired) electrons. The second-order valence-corrected chi connectivity index (χ2v) is 5.30. The summed E-state index contributed by atoms with van der Waals surface area (Å²) in [6.45, 7) is 6.74. The summed E-state index contributed by atoms with van der Waals surface area (Å²) in [6, 6.07) is 11.9. The molecular formula is C16H17BrNO2+. The van der Waals surface area contributed by atoms with Crippen molar-refractivity contribution in [3.8, 4) is 0 Å². The standard InChI is InChI=1S/C16H17BrNO2/c1-13-7-9-18(10-8-13)20-14(2)11-19-12-15-5-3-4-6-16(15)17/h3-10H,2,11-12H2,1H3/q+1. The van der Waals surface area contributed by atoms with Crippen molar-refractivity contribution >= 4 is 15.9 Å². The highest BCUT2D eigenvalue weighted by atomic mass is 79.9. The van der Waals surface area contributed by atoms with Crippen molar-refractivity contribution in [3.05, 3.63) is 76.7 Å². The normalized spacial score (nSPS) is 10.3. The molecule has 0 fully saturated rings. The SMILES string of the molecule is C=C(COCc1ccccc1Br)O[n+]1ccc(C)cc1. The van der Waals surface area contributed by atoms with Crippen molar-refractivity contribution in [2.75, 3.05) is 6.61 Å². The maximum absolute atomic E-state index is 5.59. The van der Waals surface area contributed by atoms with Crippen LogP contribution in [0.1, 0.15) is 11.1 Å². The number of pyridine rings is 1. The van der Waals surface area contributed by atoms with Gasteiger partial charge in [-0.25, -0.2) is 4.84 Å². The molecule has 3 nitrogen and oxygen atoms in total. The highest BCUT2D eigenvalue weighted by molar-refractivity contribution is 9.10. The molecule has 0 aliphatic rings. The van der Waals surface area contributed by atoms with Crippen LogP contribution in [0.15, 0.2) is 65.6 Å². The Balaban J connectivity index is 1.78. The van der Waals surface area contributed by atoms with Gasteiger partial charge < -0.3 is 4.74 Å². The van der Waals surface area contributed by atoms with E-state index in [1.54, 1.807) is 4.73 Å². The summed E-state index contributed by atoms with van der Waals surface area (Å²) in [5.41, 5.74) is 2.28. The lowest BCUT2D eigenvalue weighted by Crippen LogP contribution is -2.41. The van der Waals surface area contributed by atoms with Crippen molar-refractivity contribution in [2.24, 2.45) is 0 Å². The molecule has 4 heteroatoms. The lowest BCUT2D eigenvalue weighted by Gasteiger charge is -2.06. The summed E-state index contributed by atoms with van der Waals surface area (Å²) in [7, 11) is 0. The summed E-state index contributed by atoms with van der Waals surface area (Å²) in [5, 5.41) is 0. The van der Waals surface area contributed by atoms with Gasteiger partial charge in [-0.1, -0.05) is 40.7 Å². The third-order valence-electron chi connectivity index (χ3n) is 2.68. The van der Waals surface area contributed by atoms with Crippen LogP contribution in [0.5, 0.6) is 0 Å². The molecule has 1 heterocycles. The first-order valence-electron chi connectivity index (χ1n) is 6.30. The lowest BCUT2D eigenvalue weighted by atomic mass is 10.2. The zero-order valence-electron chi connectivity index (χ0n) is 11.4. The zero-order valence-corrected chi connectivity index (χ0v) is 13.0. The quantitative estimate of drug-likeness (QED) is 0.598.